The largest absolute Gasteiger partial charge is 0.494 e. The van der Waals surface area contributed by atoms with Gasteiger partial charge in [0.15, 0.2) is 0 Å². The fourth-order valence-corrected chi connectivity index (χ4v) is 3.17. The number of halogens is 2. The van der Waals surface area contributed by atoms with Crippen LogP contribution in [0.2, 0.25) is 0 Å². The molecular formula is C19H26Cl2N2O2. The van der Waals surface area contributed by atoms with E-state index in [0.717, 1.165) is 42.7 Å². The molecule has 1 aromatic carbocycles. The monoisotopic (exact) mass is 384 g/mol. The second-order valence-electron chi connectivity index (χ2n) is 6.69. The minimum absolute atomic E-state index is 0.241. The molecule has 1 aromatic rings. The van der Waals surface area contributed by atoms with Gasteiger partial charge < -0.3 is 4.74 Å². The first-order valence-corrected chi connectivity index (χ1v) is 9.57. The van der Waals surface area contributed by atoms with Crippen LogP contribution in [0.5, 0.6) is 5.75 Å². The summed E-state index contributed by atoms with van der Waals surface area (Å²) in [4.78, 5) is 12.3. The lowest BCUT2D eigenvalue weighted by Gasteiger charge is -2.12. The highest BCUT2D eigenvalue weighted by molar-refractivity contribution is 6.53. The summed E-state index contributed by atoms with van der Waals surface area (Å²) in [5.41, 5.74) is 3.69. The zero-order chi connectivity index (χ0) is 18.5. The molecule has 6 heteroatoms. The maximum Gasteiger partial charge on any atom is 0.249 e. The number of unbranched alkanes of at least 4 members (excludes halogenated alkanes) is 1. The van der Waals surface area contributed by atoms with Crippen LogP contribution in [0.3, 0.4) is 0 Å². The minimum Gasteiger partial charge on any atom is -0.494 e. The molecule has 2 rings (SSSR count). The smallest absolute Gasteiger partial charge is 0.249 e. The SMILES string of the molecule is CCCC/C(=N\NC(=O)[C@]1(C)CC1(Cl)Cl)c1ccc(OCCC)cc1. The van der Waals surface area contributed by atoms with Crippen molar-refractivity contribution in [1.82, 2.24) is 5.43 Å². The molecule has 25 heavy (non-hydrogen) atoms. The molecule has 0 aliphatic heterocycles. The molecule has 0 unspecified atom stereocenters. The Morgan fingerprint density at radius 3 is 2.40 bits per heavy atom. The van der Waals surface area contributed by atoms with Crippen LogP contribution in [0.1, 0.15) is 58.4 Å². The molecule has 1 atom stereocenters. The third kappa shape index (κ3) is 4.89. The standard InChI is InChI=1S/C19H26Cl2N2O2/c1-4-6-7-16(14-8-10-15(11-9-14)25-12-5-2)22-23-17(24)18(3)13-19(18,20)21/h8-11H,4-7,12-13H2,1-3H3,(H,23,24)/b22-16+/t18-/m0/s1. The van der Waals surface area contributed by atoms with Gasteiger partial charge in [-0.2, -0.15) is 5.10 Å². The van der Waals surface area contributed by atoms with Crippen LogP contribution in [0.15, 0.2) is 29.4 Å². The summed E-state index contributed by atoms with van der Waals surface area (Å²) in [6.45, 7) is 6.65. The molecule has 138 valence electrons. The molecule has 0 spiro atoms. The van der Waals surface area contributed by atoms with Crippen LogP contribution < -0.4 is 10.2 Å². The Labute approximate surface area is 159 Å². The first-order valence-electron chi connectivity index (χ1n) is 8.82. The molecule has 0 aromatic heterocycles. The minimum atomic E-state index is -0.992. The molecule has 0 saturated heterocycles. The van der Waals surface area contributed by atoms with Gasteiger partial charge in [-0.15, -0.1) is 23.2 Å². The van der Waals surface area contributed by atoms with Crippen molar-refractivity contribution in [2.24, 2.45) is 10.5 Å². The zero-order valence-electron chi connectivity index (χ0n) is 15.1. The van der Waals surface area contributed by atoms with Gasteiger partial charge in [-0.1, -0.05) is 20.3 Å². The van der Waals surface area contributed by atoms with Crippen LogP contribution in [-0.2, 0) is 4.79 Å². The van der Waals surface area contributed by atoms with Crippen molar-refractivity contribution in [3.8, 4) is 5.75 Å². The van der Waals surface area contributed by atoms with Gasteiger partial charge >= 0.3 is 0 Å². The number of alkyl halides is 2. The van der Waals surface area contributed by atoms with Crippen molar-refractivity contribution in [1.29, 1.82) is 0 Å². The number of carbonyl (C=O) groups is 1. The summed E-state index contributed by atoms with van der Waals surface area (Å²) < 4.78 is 4.61. The van der Waals surface area contributed by atoms with Gasteiger partial charge in [-0.05, 0) is 62.4 Å². The predicted octanol–water partition coefficient (Wildman–Crippen LogP) is 5.07. The number of carbonyl (C=O) groups excluding carboxylic acids is 1. The summed E-state index contributed by atoms with van der Waals surface area (Å²) >= 11 is 12.1. The van der Waals surface area contributed by atoms with Crippen LogP contribution in [0.25, 0.3) is 0 Å². The Morgan fingerprint density at radius 1 is 1.24 bits per heavy atom. The van der Waals surface area contributed by atoms with E-state index in [2.05, 4.69) is 24.4 Å². The van der Waals surface area contributed by atoms with E-state index < -0.39 is 9.75 Å². The van der Waals surface area contributed by atoms with Gasteiger partial charge in [0.2, 0.25) is 5.91 Å². The van der Waals surface area contributed by atoms with Crippen LogP contribution in [0, 0.1) is 5.41 Å². The molecule has 1 fully saturated rings. The summed E-state index contributed by atoms with van der Waals surface area (Å²) in [6.07, 6.45) is 4.25. The molecular weight excluding hydrogens is 359 g/mol. The summed E-state index contributed by atoms with van der Waals surface area (Å²) in [7, 11) is 0. The van der Waals surface area contributed by atoms with Gasteiger partial charge in [0, 0.05) is 0 Å². The summed E-state index contributed by atoms with van der Waals surface area (Å²) in [5.74, 6) is 0.596. The quantitative estimate of drug-likeness (QED) is 0.367. The lowest BCUT2D eigenvalue weighted by molar-refractivity contribution is -0.125. The lowest BCUT2D eigenvalue weighted by atomic mass is 10.0. The Balaban J connectivity index is 2.08. The summed E-state index contributed by atoms with van der Waals surface area (Å²) in [6, 6.07) is 7.80. The van der Waals surface area contributed by atoms with Gasteiger partial charge in [-0.25, -0.2) is 5.43 Å². The van der Waals surface area contributed by atoms with E-state index in [-0.39, 0.29) is 5.91 Å². The van der Waals surface area contributed by atoms with Gasteiger partial charge in [0.25, 0.3) is 0 Å². The van der Waals surface area contributed by atoms with Crippen molar-refractivity contribution in [2.75, 3.05) is 6.61 Å². The number of benzene rings is 1. The van der Waals surface area contributed by atoms with E-state index in [9.17, 15) is 4.79 Å². The van der Waals surface area contributed by atoms with Crippen LogP contribution in [0.4, 0.5) is 0 Å². The van der Waals surface area contributed by atoms with Gasteiger partial charge in [0.1, 0.15) is 10.1 Å². The number of rotatable bonds is 9. The van der Waals surface area contributed by atoms with Crippen molar-refractivity contribution < 1.29 is 9.53 Å². The Bertz CT molecular complexity index is 629. The molecule has 1 aliphatic carbocycles. The molecule has 0 radical (unpaired) electrons. The molecule has 1 amide bonds. The molecule has 0 bridgehead atoms. The molecule has 4 nitrogen and oxygen atoms in total. The number of nitrogens with one attached hydrogen (secondary N) is 1. The van der Waals surface area contributed by atoms with E-state index in [1.807, 2.05) is 24.3 Å². The number of amides is 1. The molecule has 1 N–H and O–H groups in total. The van der Waals surface area contributed by atoms with Crippen LogP contribution >= 0.6 is 23.2 Å². The highest BCUT2D eigenvalue weighted by atomic mass is 35.5. The highest BCUT2D eigenvalue weighted by Gasteiger charge is 2.68. The predicted molar refractivity (Wildman–Crippen MR) is 104 cm³/mol. The average Bonchev–Trinajstić information content (AvgIpc) is 3.13. The Morgan fingerprint density at radius 2 is 1.88 bits per heavy atom. The highest BCUT2D eigenvalue weighted by Crippen LogP contribution is 2.63. The number of hydrogen-bond donors (Lipinski definition) is 1. The van der Waals surface area contributed by atoms with E-state index in [1.54, 1.807) is 6.92 Å². The molecule has 0 heterocycles. The van der Waals surface area contributed by atoms with Crippen LogP contribution in [-0.4, -0.2) is 22.6 Å². The third-order valence-electron chi connectivity index (χ3n) is 4.48. The number of hydrazone groups is 1. The number of nitrogens with zero attached hydrogens (tertiary/aromatic N) is 1. The fraction of sp³-hybridized carbons (Fsp3) is 0.579. The maximum absolute atomic E-state index is 12.3. The maximum atomic E-state index is 12.3. The first-order chi connectivity index (χ1) is 11.8. The van der Waals surface area contributed by atoms with E-state index in [0.29, 0.717) is 13.0 Å². The van der Waals surface area contributed by atoms with E-state index >= 15 is 0 Å². The molecule has 1 aliphatic rings. The van der Waals surface area contributed by atoms with Gasteiger partial charge in [-0.3, -0.25) is 4.79 Å². The second-order valence-corrected chi connectivity index (χ2v) is 8.17. The topological polar surface area (TPSA) is 50.7 Å². The normalized spacial score (nSPS) is 21.7. The Hall–Kier alpha value is -1.26. The summed E-state index contributed by atoms with van der Waals surface area (Å²) in [5, 5.41) is 4.35. The zero-order valence-corrected chi connectivity index (χ0v) is 16.6. The number of hydrogen-bond acceptors (Lipinski definition) is 3. The number of ether oxygens (including phenoxy) is 1. The lowest BCUT2D eigenvalue weighted by Crippen LogP contribution is -2.30. The van der Waals surface area contributed by atoms with Gasteiger partial charge in [0.05, 0.1) is 17.7 Å². The first kappa shape index (κ1) is 20.1. The van der Waals surface area contributed by atoms with Crippen molar-refractivity contribution in [2.45, 2.75) is 57.2 Å². The van der Waals surface area contributed by atoms with E-state index in [4.69, 9.17) is 27.9 Å². The van der Waals surface area contributed by atoms with Crippen molar-refractivity contribution >= 4 is 34.8 Å². The fourth-order valence-electron chi connectivity index (χ4n) is 2.46. The third-order valence-corrected chi connectivity index (χ3v) is 5.58. The molecule has 1 saturated carbocycles. The second kappa shape index (κ2) is 8.41. The Kier molecular flexibility index (Phi) is 6.75. The van der Waals surface area contributed by atoms with E-state index in [1.165, 1.54) is 0 Å². The van der Waals surface area contributed by atoms with Crippen molar-refractivity contribution in [3.05, 3.63) is 29.8 Å². The average molecular weight is 385 g/mol. The van der Waals surface area contributed by atoms with Crippen molar-refractivity contribution in [3.63, 3.8) is 0 Å².